The maximum atomic E-state index is 12.3. The summed E-state index contributed by atoms with van der Waals surface area (Å²) in [5.41, 5.74) is 1.63. The third-order valence-corrected chi connectivity index (χ3v) is 4.81. The normalized spacial score (nSPS) is 14.1. The van der Waals surface area contributed by atoms with E-state index in [0.29, 0.717) is 39.3 Å². The Labute approximate surface area is 154 Å². The van der Waals surface area contributed by atoms with Crippen LogP contribution in [0.25, 0.3) is 0 Å². The van der Waals surface area contributed by atoms with E-state index >= 15 is 0 Å². The lowest BCUT2D eigenvalue weighted by atomic mass is 10.1. The molecule has 0 unspecified atom stereocenters. The van der Waals surface area contributed by atoms with E-state index in [4.69, 9.17) is 34.8 Å². The van der Waals surface area contributed by atoms with Crippen molar-refractivity contribution in [2.24, 2.45) is 0 Å². The molecular weight excluding hydrogens is 371 g/mol. The maximum Gasteiger partial charge on any atom is 0.255 e. The summed E-state index contributed by atoms with van der Waals surface area (Å²) in [4.78, 5) is 25.8. The Balaban J connectivity index is 1.76. The second-order valence-corrected chi connectivity index (χ2v) is 6.62. The topological polar surface area (TPSA) is 49.4 Å². The van der Waals surface area contributed by atoms with Crippen molar-refractivity contribution in [2.75, 3.05) is 16.8 Å². The van der Waals surface area contributed by atoms with Gasteiger partial charge < -0.3 is 10.2 Å². The van der Waals surface area contributed by atoms with Crippen LogP contribution in [-0.2, 0) is 4.79 Å². The molecule has 0 aromatic heterocycles. The van der Waals surface area contributed by atoms with Gasteiger partial charge >= 0.3 is 0 Å². The number of benzene rings is 2. The number of rotatable bonds is 3. The summed E-state index contributed by atoms with van der Waals surface area (Å²) in [7, 11) is 0. The third-order valence-electron chi connectivity index (χ3n) is 3.77. The van der Waals surface area contributed by atoms with Gasteiger partial charge in [-0.05, 0) is 42.8 Å². The van der Waals surface area contributed by atoms with Crippen molar-refractivity contribution in [1.82, 2.24) is 0 Å². The van der Waals surface area contributed by atoms with Gasteiger partial charge in [-0.1, -0.05) is 34.8 Å². The minimum Gasteiger partial charge on any atom is -0.321 e. The predicted octanol–water partition coefficient (Wildman–Crippen LogP) is 5.03. The van der Waals surface area contributed by atoms with E-state index in [1.165, 1.54) is 12.1 Å². The molecule has 0 atom stereocenters. The van der Waals surface area contributed by atoms with Crippen molar-refractivity contribution in [3.8, 4) is 0 Å². The molecule has 24 heavy (non-hydrogen) atoms. The lowest BCUT2D eigenvalue weighted by Crippen LogP contribution is -2.23. The van der Waals surface area contributed by atoms with Crippen molar-refractivity contribution < 1.29 is 9.59 Å². The zero-order valence-corrected chi connectivity index (χ0v) is 14.8. The predicted molar refractivity (Wildman–Crippen MR) is 97.5 cm³/mol. The smallest absolute Gasteiger partial charge is 0.255 e. The zero-order chi connectivity index (χ0) is 17.3. The van der Waals surface area contributed by atoms with Crippen LogP contribution in [-0.4, -0.2) is 18.4 Å². The van der Waals surface area contributed by atoms with Crippen LogP contribution in [0.5, 0.6) is 0 Å². The number of carbonyl (C=O) groups is 2. The Morgan fingerprint density at radius 2 is 1.67 bits per heavy atom. The summed E-state index contributed by atoms with van der Waals surface area (Å²) in [6.45, 7) is 0.712. The van der Waals surface area contributed by atoms with E-state index < -0.39 is 0 Å². The number of anilines is 2. The molecule has 2 aromatic carbocycles. The van der Waals surface area contributed by atoms with Gasteiger partial charge in [0.25, 0.3) is 5.91 Å². The molecule has 0 saturated carbocycles. The number of nitrogens with one attached hydrogen (secondary N) is 1. The van der Waals surface area contributed by atoms with Crippen LogP contribution < -0.4 is 10.2 Å². The minimum absolute atomic E-state index is 0.106. The van der Waals surface area contributed by atoms with Gasteiger partial charge in [-0.2, -0.15) is 0 Å². The first kappa shape index (κ1) is 17.1. The minimum atomic E-state index is -0.324. The molecular formula is C17H13Cl3N2O2. The summed E-state index contributed by atoms with van der Waals surface area (Å²) in [5, 5.41) is 3.62. The molecule has 0 aliphatic carbocycles. The van der Waals surface area contributed by atoms with Crippen LogP contribution in [0.2, 0.25) is 15.1 Å². The standard InChI is InChI=1S/C17H13Cl3N2O2/c18-12-8-14(20)15(9-13(12)19)21-17(24)10-3-5-11(6-4-10)22-7-1-2-16(22)23/h3-6,8-9H,1-2,7H2,(H,21,24). The van der Waals surface area contributed by atoms with Crippen molar-refractivity contribution in [2.45, 2.75) is 12.8 Å². The zero-order valence-electron chi connectivity index (χ0n) is 12.5. The van der Waals surface area contributed by atoms with E-state index in [1.807, 2.05) is 0 Å². The van der Waals surface area contributed by atoms with Gasteiger partial charge in [-0.25, -0.2) is 0 Å². The second kappa shape index (κ2) is 7.01. The van der Waals surface area contributed by atoms with Gasteiger partial charge in [0.2, 0.25) is 5.91 Å². The number of halogens is 3. The fourth-order valence-corrected chi connectivity index (χ4v) is 3.12. The molecule has 2 amide bonds. The fourth-order valence-electron chi connectivity index (χ4n) is 2.53. The Morgan fingerprint density at radius 3 is 2.29 bits per heavy atom. The van der Waals surface area contributed by atoms with Crippen LogP contribution in [0.15, 0.2) is 36.4 Å². The first-order valence-corrected chi connectivity index (χ1v) is 8.45. The largest absolute Gasteiger partial charge is 0.321 e. The highest BCUT2D eigenvalue weighted by molar-refractivity contribution is 6.44. The van der Waals surface area contributed by atoms with E-state index in [0.717, 1.165) is 12.1 Å². The summed E-state index contributed by atoms with van der Waals surface area (Å²) >= 11 is 17.9. The molecule has 1 saturated heterocycles. The molecule has 0 spiro atoms. The van der Waals surface area contributed by atoms with Gasteiger partial charge in [-0.3, -0.25) is 9.59 Å². The molecule has 124 valence electrons. The summed E-state index contributed by atoms with van der Waals surface area (Å²) < 4.78 is 0. The molecule has 1 fully saturated rings. The van der Waals surface area contributed by atoms with E-state index in [-0.39, 0.29) is 11.8 Å². The SMILES string of the molecule is O=C(Nc1cc(Cl)c(Cl)cc1Cl)c1ccc(N2CCCC2=O)cc1. The van der Waals surface area contributed by atoms with Crippen molar-refractivity contribution in [3.63, 3.8) is 0 Å². The lowest BCUT2D eigenvalue weighted by molar-refractivity contribution is -0.117. The molecule has 1 heterocycles. The van der Waals surface area contributed by atoms with Crippen LogP contribution >= 0.6 is 34.8 Å². The molecule has 0 bridgehead atoms. The number of hydrogen-bond donors (Lipinski definition) is 1. The van der Waals surface area contributed by atoms with Crippen LogP contribution in [0, 0.1) is 0 Å². The number of nitrogens with zero attached hydrogens (tertiary/aromatic N) is 1. The van der Waals surface area contributed by atoms with Crippen molar-refractivity contribution in [1.29, 1.82) is 0 Å². The molecule has 7 heteroatoms. The molecule has 1 N–H and O–H groups in total. The van der Waals surface area contributed by atoms with Gasteiger partial charge in [0.15, 0.2) is 0 Å². The molecule has 2 aromatic rings. The average Bonchev–Trinajstić information content (AvgIpc) is 2.99. The van der Waals surface area contributed by atoms with E-state index in [1.54, 1.807) is 29.2 Å². The van der Waals surface area contributed by atoms with E-state index in [9.17, 15) is 9.59 Å². The highest BCUT2D eigenvalue weighted by Crippen LogP contribution is 2.32. The fraction of sp³-hybridized carbons (Fsp3) is 0.176. The first-order valence-electron chi connectivity index (χ1n) is 7.32. The van der Waals surface area contributed by atoms with Crippen LogP contribution in [0.1, 0.15) is 23.2 Å². The molecule has 1 aliphatic heterocycles. The average molecular weight is 384 g/mol. The van der Waals surface area contributed by atoms with Gasteiger partial charge in [0.1, 0.15) is 0 Å². The first-order chi connectivity index (χ1) is 11.5. The molecule has 0 radical (unpaired) electrons. The second-order valence-electron chi connectivity index (χ2n) is 5.40. The Kier molecular flexibility index (Phi) is 4.99. The number of carbonyl (C=O) groups excluding carboxylic acids is 2. The summed E-state index contributed by atoms with van der Waals surface area (Å²) in [5.74, 6) is -0.218. The third kappa shape index (κ3) is 3.51. The number of hydrogen-bond acceptors (Lipinski definition) is 2. The van der Waals surface area contributed by atoms with Crippen molar-refractivity contribution >= 4 is 58.0 Å². The lowest BCUT2D eigenvalue weighted by Gasteiger charge is -2.16. The monoisotopic (exact) mass is 382 g/mol. The molecule has 1 aliphatic rings. The van der Waals surface area contributed by atoms with Crippen LogP contribution in [0.3, 0.4) is 0 Å². The Morgan fingerprint density at radius 1 is 1.00 bits per heavy atom. The summed E-state index contributed by atoms with van der Waals surface area (Å²) in [6.07, 6.45) is 1.43. The van der Waals surface area contributed by atoms with Gasteiger partial charge in [-0.15, -0.1) is 0 Å². The van der Waals surface area contributed by atoms with Gasteiger partial charge in [0, 0.05) is 24.2 Å². The highest BCUT2D eigenvalue weighted by atomic mass is 35.5. The maximum absolute atomic E-state index is 12.3. The van der Waals surface area contributed by atoms with Crippen molar-refractivity contribution in [3.05, 3.63) is 57.0 Å². The highest BCUT2D eigenvalue weighted by Gasteiger charge is 2.21. The van der Waals surface area contributed by atoms with Crippen LogP contribution in [0.4, 0.5) is 11.4 Å². The van der Waals surface area contributed by atoms with Gasteiger partial charge in [0.05, 0.1) is 20.8 Å². The quantitative estimate of drug-likeness (QED) is 0.756. The number of amides is 2. The molecule has 4 nitrogen and oxygen atoms in total. The Hall–Kier alpha value is -1.75. The Bertz CT molecular complexity index is 806. The van der Waals surface area contributed by atoms with E-state index in [2.05, 4.69) is 5.32 Å². The molecule has 3 rings (SSSR count). The summed E-state index contributed by atoms with van der Waals surface area (Å²) in [6, 6.07) is 9.83.